The second kappa shape index (κ2) is 6.91. The van der Waals surface area contributed by atoms with Crippen molar-refractivity contribution in [3.63, 3.8) is 0 Å². The minimum atomic E-state index is -0.351. The maximum absolute atomic E-state index is 11.6. The van der Waals surface area contributed by atoms with Crippen LogP contribution in [0.15, 0.2) is 30.9 Å². The Labute approximate surface area is 112 Å². The van der Waals surface area contributed by atoms with E-state index in [1.807, 2.05) is 0 Å². The van der Waals surface area contributed by atoms with Gasteiger partial charge in [0.15, 0.2) is 0 Å². The fourth-order valence-corrected chi connectivity index (χ4v) is 1.59. The van der Waals surface area contributed by atoms with Gasteiger partial charge in [-0.2, -0.15) is 0 Å². The Bertz CT molecular complexity index is 435. The van der Waals surface area contributed by atoms with Crippen molar-refractivity contribution in [3.8, 4) is 5.75 Å². The van der Waals surface area contributed by atoms with E-state index in [1.54, 1.807) is 38.3 Å². The Hall–Kier alpha value is -1.68. The molecule has 0 radical (unpaired) electrons. The summed E-state index contributed by atoms with van der Waals surface area (Å²) in [6, 6.07) is 4.91. The van der Waals surface area contributed by atoms with Gasteiger partial charge in [0.25, 0.3) is 0 Å². The van der Waals surface area contributed by atoms with Crippen molar-refractivity contribution < 1.29 is 9.53 Å². The van der Waals surface area contributed by atoms with Crippen LogP contribution in [0.1, 0.15) is 6.92 Å². The summed E-state index contributed by atoms with van der Waals surface area (Å²) in [5.74, 6) is 0.476. The smallest absolute Gasteiger partial charge is 0.242 e. The molecular formula is C13H17ClN2O2. The molecule has 1 amide bonds. The van der Waals surface area contributed by atoms with Crippen molar-refractivity contribution in [3.05, 3.63) is 35.9 Å². The highest BCUT2D eigenvalue weighted by molar-refractivity contribution is 6.32. The summed E-state index contributed by atoms with van der Waals surface area (Å²) in [6.07, 6.45) is 1.63. The first kappa shape index (κ1) is 14.4. The number of benzene rings is 1. The Kier molecular flexibility index (Phi) is 5.52. The first-order valence-electron chi connectivity index (χ1n) is 5.57. The lowest BCUT2D eigenvalue weighted by molar-refractivity contribution is -0.121. The van der Waals surface area contributed by atoms with E-state index in [4.69, 9.17) is 16.3 Å². The number of nitrogens with one attached hydrogen (secondary N) is 2. The van der Waals surface area contributed by atoms with Crippen molar-refractivity contribution in [2.75, 3.05) is 19.0 Å². The molecule has 0 saturated carbocycles. The fraction of sp³-hybridized carbons (Fsp3) is 0.308. The first-order chi connectivity index (χ1) is 8.58. The van der Waals surface area contributed by atoms with Gasteiger partial charge in [-0.3, -0.25) is 4.79 Å². The van der Waals surface area contributed by atoms with E-state index in [2.05, 4.69) is 17.2 Å². The van der Waals surface area contributed by atoms with E-state index in [-0.39, 0.29) is 11.9 Å². The van der Waals surface area contributed by atoms with E-state index in [9.17, 15) is 4.79 Å². The second-order valence-corrected chi connectivity index (χ2v) is 4.16. The minimum absolute atomic E-state index is 0.0937. The van der Waals surface area contributed by atoms with Crippen LogP contribution in [0.2, 0.25) is 5.02 Å². The third-order valence-electron chi connectivity index (χ3n) is 2.35. The number of rotatable bonds is 6. The van der Waals surface area contributed by atoms with Crippen LogP contribution in [-0.4, -0.2) is 25.6 Å². The number of anilines is 1. The summed E-state index contributed by atoms with van der Waals surface area (Å²) >= 11 is 5.92. The molecule has 1 aromatic carbocycles. The van der Waals surface area contributed by atoms with Gasteiger partial charge in [-0.25, -0.2) is 0 Å². The van der Waals surface area contributed by atoms with Crippen molar-refractivity contribution >= 4 is 23.2 Å². The van der Waals surface area contributed by atoms with Crippen LogP contribution in [0, 0.1) is 0 Å². The minimum Gasteiger partial charge on any atom is -0.495 e. The number of ether oxygens (including phenoxy) is 1. The van der Waals surface area contributed by atoms with Crippen LogP contribution in [0.25, 0.3) is 0 Å². The van der Waals surface area contributed by atoms with Crippen LogP contribution >= 0.6 is 11.6 Å². The molecule has 4 nitrogen and oxygen atoms in total. The molecule has 0 aliphatic rings. The number of carbonyl (C=O) groups is 1. The molecule has 0 saturated heterocycles. The predicted octanol–water partition coefficient (Wildman–Crippen LogP) is 2.45. The van der Waals surface area contributed by atoms with Crippen molar-refractivity contribution in [2.45, 2.75) is 13.0 Å². The highest BCUT2D eigenvalue weighted by atomic mass is 35.5. The van der Waals surface area contributed by atoms with Gasteiger partial charge in [0, 0.05) is 18.3 Å². The number of hydrogen-bond donors (Lipinski definition) is 2. The second-order valence-electron chi connectivity index (χ2n) is 3.75. The average molecular weight is 269 g/mol. The molecule has 1 aromatic rings. The lowest BCUT2D eigenvalue weighted by Crippen LogP contribution is -2.37. The number of hydrogen-bond acceptors (Lipinski definition) is 3. The molecule has 0 fully saturated rings. The zero-order valence-corrected chi connectivity index (χ0v) is 11.3. The summed E-state index contributed by atoms with van der Waals surface area (Å²) in [6.45, 7) is 5.77. The summed E-state index contributed by atoms with van der Waals surface area (Å²) in [4.78, 5) is 11.6. The van der Waals surface area contributed by atoms with Gasteiger partial charge in [-0.1, -0.05) is 17.7 Å². The molecule has 1 atom stereocenters. The van der Waals surface area contributed by atoms with Crippen molar-refractivity contribution in [1.29, 1.82) is 0 Å². The number of halogens is 1. The van der Waals surface area contributed by atoms with E-state index < -0.39 is 0 Å². The summed E-state index contributed by atoms with van der Waals surface area (Å²) < 4.78 is 5.11. The van der Waals surface area contributed by atoms with E-state index in [0.29, 0.717) is 17.3 Å². The molecule has 0 aliphatic heterocycles. The lowest BCUT2D eigenvalue weighted by atomic mass is 10.2. The van der Waals surface area contributed by atoms with E-state index in [0.717, 1.165) is 5.69 Å². The summed E-state index contributed by atoms with van der Waals surface area (Å²) in [5, 5.41) is 6.32. The molecule has 98 valence electrons. The number of carbonyl (C=O) groups excluding carboxylic acids is 1. The maximum Gasteiger partial charge on any atom is 0.242 e. The molecular weight excluding hydrogens is 252 g/mol. The van der Waals surface area contributed by atoms with Crippen LogP contribution in [0.5, 0.6) is 5.75 Å². The fourth-order valence-electron chi connectivity index (χ4n) is 1.39. The van der Waals surface area contributed by atoms with Crippen LogP contribution < -0.4 is 15.4 Å². The number of methoxy groups -OCH3 is 1. The molecule has 0 spiro atoms. The maximum atomic E-state index is 11.6. The van der Waals surface area contributed by atoms with Crippen molar-refractivity contribution in [1.82, 2.24) is 5.32 Å². The number of amides is 1. The van der Waals surface area contributed by atoms with Gasteiger partial charge in [-0.15, -0.1) is 6.58 Å². The standard InChI is InChI=1S/C13H17ClN2O2/c1-4-7-15-13(17)9(2)16-10-5-6-11(14)12(8-10)18-3/h4-6,8-9,16H,1,7H2,2-3H3,(H,15,17). The van der Waals surface area contributed by atoms with Gasteiger partial charge in [0.05, 0.1) is 12.1 Å². The summed E-state index contributed by atoms with van der Waals surface area (Å²) in [7, 11) is 1.55. The molecule has 18 heavy (non-hydrogen) atoms. The molecule has 1 rings (SSSR count). The van der Waals surface area contributed by atoms with E-state index in [1.165, 1.54) is 0 Å². The lowest BCUT2D eigenvalue weighted by Gasteiger charge is -2.15. The third-order valence-corrected chi connectivity index (χ3v) is 2.66. The molecule has 1 unspecified atom stereocenters. The molecule has 0 heterocycles. The Balaban J connectivity index is 2.66. The molecule has 0 aromatic heterocycles. The Morgan fingerprint density at radius 3 is 2.94 bits per heavy atom. The zero-order valence-electron chi connectivity index (χ0n) is 10.5. The van der Waals surface area contributed by atoms with Crippen LogP contribution in [0.3, 0.4) is 0 Å². The quantitative estimate of drug-likeness (QED) is 0.779. The van der Waals surface area contributed by atoms with Crippen LogP contribution in [0.4, 0.5) is 5.69 Å². The average Bonchev–Trinajstić information content (AvgIpc) is 2.37. The normalized spacial score (nSPS) is 11.5. The van der Waals surface area contributed by atoms with Gasteiger partial charge in [-0.05, 0) is 19.1 Å². The molecule has 0 aliphatic carbocycles. The topological polar surface area (TPSA) is 50.4 Å². The Morgan fingerprint density at radius 2 is 2.33 bits per heavy atom. The Morgan fingerprint density at radius 1 is 1.61 bits per heavy atom. The molecule has 2 N–H and O–H groups in total. The van der Waals surface area contributed by atoms with Gasteiger partial charge in [0.2, 0.25) is 5.91 Å². The van der Waals surface area contributed by atoms with Crippen LogP contribution in [-0.2, 0) is 4.79 Å². The van der Waals surface area contributed by atoms with E-state index >= 15 is 0 Å². The third kappa shape index (κ3) is 3.96. The largest absolute Gasteiger partial charge is 0.495 e. The van der Waals surface area contributed by atoms with Gasteiger partial charge >= 0.3 is 0 Å². The van der Waals surface area contributed by atoms with Gasteiger partial charge < -0.3 is 15.4 Å². The summed E-state index contributed by atoms with van der Waals surface area (Å²) in [5.41, 5.74) is 0.775. The SMILES string of the molecule is C=CCNC(=O)C(C)Nc1ccc(Cl)c(OC)c1. The monoisotopic (exact) mass is 268 g/mol. The highest BCUT2D eigenvalue weighted by Crippen LogP contribution is 2.27. The van der Waals surface area contributed by atoms with Gasteiger partial charge in [0.1, 0.15) is 11.8 Å². The predicted molar refractivity (Wildman–Crippen MR) is 74.3 cm³/mol. The molecule has 5 heteroatoms. The van der Waals surface area contributed by atoms with Crippen molar-refractivity contribution in [2.24, 2.45) is 0 Å². The highest BCUT2D eigenvalue weighted by Gasteiger charge is 2.12. The first-order valence-corrected chi connectivity index (χ1v) is 5.95. The molecule has 0 bridgehead atoms. The zero-order chi connectivity index (χ0) is 13.5.